The Morgan fingerprint density at radius 1 is 1.47 bits per heavy atom. The molecule has 0 bridgehead atoms. The quantitative estimate of drug-likeness (QED) is 0.761. The molecule has 0 spiro atoms. The minimum atomic E-state index is -0.536. The first-order chi connectivity index (χ1) is 7.20. The second kappa shape index (κ2) is 3.68. The highest BCUT2D eigenvalue weighted by atomic mass is 16.7. The van der Waals surface area contributed by atoms with Crippen molar-refractivity contribution < 1.29 is 19.0 Å². The van der Waals surface area contributed by atoms with E-state index >= 15 is 0 Å². The van der Waals surface area contributed by atoms with Gasteiger partial charge in [0.05, 0.1) is 0 Å². The number of carbonyl (C=O) groups is 1. The van der Waals surface area contributed by atoms with Crippen molar-refractivity contribution in [2.24, 2.45) is 0 Å². The molecule has 1 aromatic rings. The lowest BCUT2D eigenvalue weighted by molar-refractivity contribution is 0.0664. The Hall–Kier alpha value is -1.91. The van der Waals surface area contributed by atoms with Gasteiger partial charge in [-0.1, -0.05) is 6.07 Å². The summed E-state index contributed by atoms with van der Waals surface area (Å²) in [6.45, 7) is 1.77. The Bertz CT molecular complexity index is 391. The molecule has 0 aromatic heterocycles. The molecule has 1 aliphatic heterocycles. The molecule has 5 heteroatoms. The van der Waals surface area contributed by atoms with Crippen LogP contribution in [0.4, 0.5) is 4.79 Å². The van der Waals surface area contributed by atoms with E-state index in [1.54, 1.807) is 25.1 Å². The van der Waals surface area contributed by atoms with Gasteiger partial charge in [-0.15, -0.1) is 0 Å². The van der Waals surface area contributed by atoms with E-state index in [0.717, 1.165) is 0 Å². The van der Waals surface area contributed by atoms with E-state index < -0.39 is 6.09 Å². The SMILES string of the molecule is CNC(=O)Oc1cccc2c1OC(C)O2. The zero-order valence-electron chi connectivity index (χ0n) is 8.44. The highest BCUT2D eigenvalue weighted by Gasteiger charge is 2.24. The third-order valence-electron chi connectivity index (χ3n) is 1.93. The first-order valence-corrected chi connectivity index (χ1v) is 4.56. The maximum Gasteiger partial charge on any atom is 0.412 e. The molecule has 5 nitrogen and oxygen atoms in total. The van der Waals surface area contributed by atoms with Crippen LogP contribution in [0, 0.1) is 0 Å². The van der Waals surface area contributed by atoms with Gasteiger partial charge in [-0.05, 0) is 12.1 Å². The second-order valence-corrected chi connectivity index (χ2v) is 3.03. The Balaban J connectivity index is 2.26. The van der Waals surface area contributed by atoms with Crippen LogP contribution < -0.4 is 19.5 Å². The lowest BCUT2D eigenvalue weighted by Gasteiger charge is -2.06. The van der Waals surface area contributed by atoms with E-state index in [2.05, 4.69) is 5.32 Å². The largest absolute Gasteiger partial charge is 0.451 e. The molecule has 2 rings (SSSR count). The standard InChI is InChI=1S/C10H11NO4/c1-6-13-7-4-3-5-8(9(7)14-6)15-10(12)11-2/h3-6H,1-2H3,(H,11,12). The zero-order valence-corrected chi connectivity index (χ0v) is 8.44. The van der Waals surface area contributed by atoms with Gasteiger partial charge in [0.25, 0.3) is 0 Å². The molecule has 1 heterocycles. The summed E-state index contributed by atoms with van der Waals surface area (Å²) >= 11 is 0. The average molecular weight is 209 g/mol. The van der Waals surface area contributed by atoms with E-state index in [1.165, 1.54) is 7.05 Å². The van der Waals surface area contributed by atoms with E-state index in [-0.39, 0.29) is 6.29 Å². The lowest BCUT2D eigenvalue weighted by atomic mass is 10.3. The summed E-state index contributed by atoms with van der Waals surface area (Å²) in [6, 6.07) is 5.14. The van der Waals surface area contributed by atoms with E-state index in [0.29, 0.717) is 17.2 Å². The second-order valence-electron chi connectivity index (χ2n) is 3.03. The van der Waals surface area contributed by atoms with E-state index in [4.69, 9.17) is 14.2 Å². The summed E-state index contributed by atoms with van der Waals surface area (Å²) < 4.78 is 15.7. The van der Waals surface area contributed by atoms with Crippen LogP contribution in [-0.2, 0) is 0 Å². The molecule has 0 radical (unpaired) electrons. The summed E-state index contributed by atoms with van der Waals surface area (Å²) in [4.78, 5) is 11.0. The van der Waals surface area contributed by atoms with Gasteiger partial charge < -0.3 is 19.5 Å². The topological polar surface area (TPSA) is 56.8 Å². The van der Waals surface area contributed by atoms with Crippen LogP contribution in [0.2, 0.25) is 0 Å². The van der Waals surface area contributed by atoms with Crippen LogP contribution >= 0.6 is 0 Å². The number of hydrogen-bond acceptors (Lipinski definition) is 4. The molecular formula is C10H11NO4. The van der Waals surface area contributed by atoms with Crippen LogP contribution in [0.1, 0.15) is 6.92 Å². The first kappa shape index (κ1) is 9.64. The minimum Gasteiger partial charge on any atom is -0.451 e. The van der Waals surface area contributed by atoms with Gasteiger partial charge in [0.1, 0.15) is 0 Å². The molecule has 1 aromatic carbocycles. The molecule has 80 valence electrons. The van der Waals surface area contributed by atoms with Crippen molar-refractivity contribution in [1.82, 2.24) is 5.32 Å². The fourth-order valence-electron chi connectivity index (χ4n) is 1.30. The number of hydrogen-bond donors (Lipinski definition) is 1. The predicted octanol–water partition coefficient (Wildman–Crippen LogP) is 1.52. The number of nitrogens with one attached hydrogen (secondary N) is 1. The maximum atomic E-state index is 11.0. The zero-order chi connectivity index (χ0) is 10.8. The van der Waals surface area contributed by atoms with Gasteiger partial charge in [-0.2, -0.15) is 0 Å². The molecule has 1 atom stereocenters. The van der Waals surface area contributed by atoms with Crippen molar-refractivity contribution in [2.45, 2.75) is 13.2 Å². The highest BCUT2D eigenvalue weighted by Crippen LogP contribution is 2.42. The molecule has 1 amide bonds. The Kier molecular flexibility index (Phi) is 2.37. The molecule has 0 aliphatic carbocycles. The van der Waals surface area contributed by atoms with Crippen molar-refractivity contribution in [3.8, 4) is 17.2 Å². The van der Waals surface area contributed by atoms with Gasteiger partial charge >= 0.3 is 6.09 Å². The summed E-state index contributed by atoms with van der Waals surface area (Å²) in [7, 11) is 1.49. The third-order valence-corrected chi connectivity index (χ3v) is 1.93. The summed E-state index contributed by atoms with van der Waals surface area (Å²) in [5.74, 6) is 1.41. The lowest BCUT2D eigenvalue weighted by Crippen LogP contribution is -2.22. The van der Waals surface area contributed by atoms with E-state index in [9.17, 15) is 4.79 Å². The minimum absolute atomic E-state index is 0.352. The van der Waals surface area contributed by atoms with Crippen LogP contribution in [0.25, 0.3) is 0 Å². The number of fused-ring (bicyclic) bond motifs is 1. The number of ether oxygens (including phenoxy) is 3. The van der Waals surface area contributed by atoms with Crippen LogP contribution in [0.3, 0.4) is 0 Å². The Morgan fingerprint density at radius 3 is 3.00 bits per heavy atom. The number of para-hydroxylation sites is 1. The molecule has 0 fully saturated rings. The molecule has 1 unspecified atom stereocenters. The van der Waals surface area contributed by atoms with Crippen molar-refractivity contribution in [3.05, 3.63) is 18.2 Å². The van der Waals surface area contributed by atoms with Gasteiger partial charge in [0.2, 0.25) is 12.0 Å². The van der Waals surface area contributed by atoms with Crippen LogP contribution in [0.5, 0.6) is 17.2 Å². The highest BCUT2D eigenvalue weighted by molar-refractivity contribution is 5.71. The number of carbonyl (C=O) groups excluding carboxylic acids is 1. The van der Waals surface area contributed by atoms with Crippen LogP contribution in [0.15, 0.2) is 18.2 Å². The van der Waals surface area contributed by atoms with Gasteiger partial charge in [0, 0.05) is 14.0 Å². The fraction of sp³-hybridized carbons (Fsp3) is 0.300. The fourth-order valence-corrected chi connectivity index (χ4v) is 1.30. The summed E-state index contributed by atoms with van der Waals surface area (Å²) in [5.41, 5.74) is 0. The van der Waals surface area contributed by atoms with Crippen molar-refractivity contribution in [2.75, 3.05) is 7.05 Å². The molecular weight excluding hydrogens is 198 g/mol. The molecule has 1 N–H and O–H groups in total. The first-order valence-electron chi connectivity index (χ1n) is 4.56. The van der Waals surface area contributed by atoms with Gasteiger partial charge in [-0.3, -0.25) is 0 Å². The maximum absolute atomic E-state index is 11.0. The molecule has 1 aliphatic rings. The van der Waals surface area contributed by atoms with Gasteiger partial charge in [-0.25, -0.2) is 4.79 Å². The number of rotatable bonds is 1. The number of amides is 1. The molecule has 0 saturated carbocycles. The normalized spacial score (nSPS) is 17.3. The van der Waals surface area contributed by atoms with Crippen molar-refractivity contribution in [1.29, 1.82) is 0 Å². The molecule has 15 heavy (non-hydrogen) atoms. The predicted molar refractivity (Wildman–Crippen MR) is 52.2 cm³/mol. The van der Waals surface area contributed by atoms with Crippen LogP contribution in [-0.4, -0.2) is 19.4 Å². The smallest absolute Gasteiger partial charge is 0.412 e. The monoisotopic (exact) mass is 209 g/mol. The Labute approximate surface area is 86.9 Å². The summed E-state index contributed by atoms with van der Waals surface area (Å²) in [6.07, 6.45) is -0.888. The third kappa shape index (κ3) is 1.81. The molecule has 0 saturated heterocycles. The number of benzene rings is 1. The van der Waals surface area contributed by atoms with Crippen molar-refractivity contribution >= 4 is 6.09 Å². The average Bonchev–Trinajstić information content (AvgIpc) is 2.59. The van der Waals surface area contributed by atoms with Gasteiger partial charge in [0.15, 0.2) is 11.5 Å². The van der Waals surface area contributed by atoms with E-state index in [1.807, 2.05) is 0 Å². The van der Waals surface area contributed by atoms with Crippen molar-refractivity contribution in [3.63, 3.8) is 0 Å². The Morgan fingerprint density at radius 2 is 2.27 bits per heavy atom. The summed E-state index contributed by atoms with van der Waals surface area (Å²) in [5, 5.41) is 2.36.